The van der Waals surface area contributed by atoms with Gasteiger partial charge in [-0.2, -0.15) is 13.8 Å². The van der Waals surface area contributed by atoms with Crippen molar-refractivity contribution in [3.05, 3.63) is 45.6 Å². The first-order valence-corrected chi connectivity index (χ1v) is 5.97. The lowest BCUT2D eigenvalue weighted by molar-refractivity contribution is -0.385. The number of nitrogen functional groups attached to an aromatic ring is 2. The van der Waals surface area contributed by atoms with Gasteiger partial charge in [-0.15, -0.1) is 0 Å². The van der Waals surface area contributed by atoms with E-state index < -0.39 is 17.2 Å². The predicted octanol–water partition coefficient (Wildman–Crippen LogP) is 1.74. The van der Waals surface area contributed by atoms with Gasteiger partial charge in [0.2, 0.25) is 11.8 Å². The smallest absolute Gasteiger partial charge is 0.387 e. The van der Waals surface area contributed by atoms with Gasteiger partial charge in [-0.1, -0.05) is 12.1 Å². The van der Waals surface area contributed by atoms with Crippen molar-refractivity contribution in [2.75, 3.05) is 11.5 Å². The summed E-state index contributed by atoms with van der Waals surface area (Å²) in [6, 6.07) is 5.72. The summed E-state index contributed by atoms with van der Waals surface area (Å²) in [6.45, 7) is -2.96. The number of anilines is 2. The van der Waals surface area contributed by atoms with Gasteiger partial charge in [0.25, 0.3) is 0 Å². The number of hydrogen-bond acceptors (Lipinski definition) is 7. The molecule has 0 unspecified atom stereocenters. The Bertz CT molecular complexity index is 711. The molecule has 22 heavy (non-hydrogen) atoms. The number of rotatable bonds is 5. The Hall–Kier alpha value is -3.04. The maximum absolute atomic E-state index is 12.2. The van der Waals surface area contributed by atoms with Gasteiger partial charge in [0.1, 0.15) is 11.4 Å². The van der Waals surface area contributed by atoms with Crippen LogP contribution in [0.2, 0.25) is 0 Å². The van der Waals surface area contributed by atoms with E-state index in [4.69, 9.17) is 11.5 Å². The fourth-order valence-electron chi connectivity index (χ4n) is 1.89. The monoisotopic (exact) mass is 311 g/mol. The van der Waals surface area contributed by atoms with E-state index in [1.807, 2.05) is 0 Å². The number of nitrogens with zero attached hydrogens (tertiary/aromatic N) is 3. The van der Waals surface area contributed by atoms with Gasteiger partial charge in [0.05, 0.1) is 4.92 Å². The van der Waals surface area contributed by atoms with Crippen LogP contribution in [0.3, 0.4) is 0 Å². The van der Waals surface area contributed by atoms with Crippen LogP contribution in [0.4, 0.5) is 26.2 Å². The molecule has 10 heteroatoms. The quantitative estimate of drug-likeness (QED) is 0.635. The lowest BCUT2D eigenvalue weighted by Gasteiger charge is -2.08. The van der Waals surface area contributed by atoms with Crippen LogP contribution in [-0.4, -0.2) is 21.5 Å². The van der Waals surface area contributed by atoms with Gasteiger partial charge < -0.3 is 16.2 Å². The summed E-state index contributed by atoms with van der Waals surface area (Å²) in [7, 11) is 0. The van der Waals surface area contributed by atoms with Crippen molar-refractivity contribution in [1.82, 2.24) is 9.97 Å². The minimum atomic E-state index is -2.96. The SMILES string of the molecule is Nc1nc(N)c([N+](=O)[O-])c(Cc2cccc(OC(F)F)c2)n1. The average Bonchev–Trinajstić information content (AvgIpc) is 2.36. The van der Waals surface area contributed by atoms with Crippen molar-refractivity contribution in [3.8, 4) is 5.75 Å². The van der Waals surface area contributed by atoms with Crippen LogP contribution < -0.4 is 16.2 Å². The highest BCUT2D eigenvalue weighted by molar-refractivity contribution is 5.58. The highest BCUT2D eigenvalue weighted by Gasteiger charge is 2.22. The Labute approximate surface area is 122 Å². The largest absolute Gasteiger partial charge is 0.435 e. The molecule has 2 aromatic rings. The van der Waals surface area contributed by atoms with Crippen LogP contribution in [0.1, 0.15) is 11.3 Å². The van der Waals surface area contributed by atoms with Gasteiger partial charge in [0, 0.05) is 6.42 Å². The Balaban J connectivity index is 2.36. The third kappa shape index (κ3) is 3.53. The van der Waals surface area contributed by atoms with E-state index in [1.54, 1.807) is 6.07 Å². The molecule has 0 aliphatic rings. The molecule has 0 saturated carbocycles. The fourth-order valence-corrected chi connectivity index (χ4v) is 1.89. The summed E-state index contributed by atoms with van der Waals surface area (Å²) in [5.74, 6) is -0.629. The van der Waals surface area contributed by atoms with Crippen LogP contribution >= 0.6 is 0 Å². The maximum atomic E-state index is 12.2. The van der Waals surface area contributed by atoms with E-state index in [0.717, 1.165) is 0 Å². The zero-order valence-electron chi connectivity index (χ0n) is 11.1. The predicted molar refractivity (Wildman–Crippen MR) is 73.4 cm³/mol. The molecule has 0 aliphatic carbocycles. The summed E-state index contributed by atoms with van der Waals surface area (Å²) in [4.78, 5) is 17.6. The molecule has 0 amide bonds. The van der Waals surface area contributed by atoms with Crippen LogP contribution in [0.15, 0.2) is 24.3 Å². The van der Waals surface area contributed by atoms with E-state index in [2.05, 4.69) is 14.7 Å². The molecule has 0 fully saturated rings. The van der Waals surface area contributed by atoms with Crippen LogP contribution in [0.25, 0.3) is 0 Å². The minimum Gasteiger partial charge on any atom is -0.435 e. The second-order valence-corrected chi connectivity index (χ2v) is 4.22. The average molecular weight is 311 g/mol. The number of nitrogens with two attached hydrogens (primary N) is 2. The minimum absolute atomic E-state index is 0.0100. The van der Waals surface area contributed by atoms with Crippen LogP contribution in [0.5, 0.6) is 5.75 Å². The molecule has 4 N–H and O–H groups in total. The standard InChI is InChI=1S/C12H11F2N5O3/c13-11(14)22-7-3-1-2-6(4-7)5-8-9(19(20)21)10(15)18-12(16)17-8/h1-4,11H,5H2,(H4,15,16,17,18). The fraction of sp³-hybridized carbons (Fsp3) is 0.167. The number of nitro groups is 1. The van der Waals surface area contributed by atoms with Gasteiger partial charge in [-0.25, -0.2) is 4.98 Å². The van der Waals surface area contributed by atoms with Crippen molar-refractivity contribution in [1.29, 1.82) is 0 Å². The van der Waals surface area contributed by atoms with Gasteiger partial charge in [-0.05, 0) is 17.7 Å². The van der Waals surface area contributed by atoms with Crippen LogP contribution in [0, 0.1) is 10.1 Å². The van der Waals surface area contributed by atoms with Crippen molar-refractivity contribution in [2.45, 2.75) is 13.0 Å². The number of alkyl halides is 2. The lowest BCUT2D eigenvalue weighted by Crippen LogP contribution is -2.09. The second-order valence-electron chi connectivity index (χ2n) is 4.22. The third-order valence-corrected chi connectivity index (χ3v) is 2.68. The molecule has 2 rings (SSSR count). The summed E-state index contributed by atoms with van der Waals surface area (Å²) in [5, 5.41) is 11.0. The molecule has 0 spiro atoms. The molecule has 1 heterocycles. The Morgan fingerprint density at radius 3 is 2.68 bits per heavy atom. The number of aromatic nitrogens is 2. The molecule has 0 aliphatic heterocycles. The second kappa shape index (κ2) is 6.16. The van der Waals surface area contributed by atoms with Gasteiger partial charge >= 0.3 is 12.3 Å². The molecule has 116 valence electrons. The summed E-state index contributed by atoms with van der Waals surface area (Å²) in [6.07, 6.45) is -0.0341. The Morgan fingerprint density at radius 2 is 2.05 bits per heavy atom. The molecular weight excluding hydrogens is 300 g/mol. The molecule has 1 aromatic heterocycles. The van der Waals surface area contributed by atoms with Crippen molar-refractivity contribution in [2.24, 2.45) is 0 Å². The Morgan fingerprint density at radius 1 is 1.32 bits per heavy atom. The van der Waals surface area contributed by atoms with Crippen molar-refractivity contribution >= 4 is 17.5 Å². The first-order chi connectivity index (χ1) is 10.4. The molecular formula is C12H11F2N5O3. The summed E-state index contributed by atoms with van der Waals surface area (Å²) < 4.78 is 28.6. The first kappa shape index (κ1) is 15.4. The normalized spacial score (nSPS) is 10.7. The van der Waals surface area contributed by atoms with E-state index in [-0.39, 0.29) is 29.6 Å². The molecule has 8 nitrogen and oxygen atoms in total. The molecule has 1 aromatic carbocycles. The topological polar surface area (TPSA) is 130 Å². The maximum Gasteiger partial charge on any atom is 0.387 e. The Kier molecular flexibility index (Phi) is 4.30. The van der Waals surface area contributed by atoms with Gasteiger partial charge in [0.15, 0.2) is 0 Å². The number of benzene rings is 1. The van der Waals surface area contributed by atoms with Gasteiger partial charge in [-0.3, -0.25) is 10.1 Å². The molecule has 0 atom stereocenters. The summed E-state index contributed by atoms with van der Waals surface area (Å²) >= 11 is 0. The summed E-state index contributed by atoms with van der Waals surface area (Å²) in [5.41, 5.74) is 10.9. The van der Waals surface area contributed by atoms with Crippen LogP contribution in [-0.2, 0) is 6.42 Å². The zero-order chi connectivity index (χ0) is 16.3. The number of ether oxygens (including phenoxy) is 1. The third-order valence-electron chi connectivity index (χ3n) is 2.68. The molecule has 0 radical (unpaired) electrons. The number of hydrogen-bond donors (Lipinski definition) is 2. The van der Waals surface area contributed by atoms with E-state index >= 15 is 0 Å². The van der Waals surface area contributed by atoms with E-state index in [0.29, 0.717) is 5.56 Å². The van der Waals surface area contributed by atoms with Crippen molar-refractivity contribution < 1.29 is 18.4 Å². The number of halogens is 2. The van der Waals surface area contributed by atoms with Crippen molar-refractivity contribution in [3.63, 3.8) is 0 Å². The highest BCUT2D eigenvalue weighted by Crippen LogP contribution is 2.27. The first-order valence-electron chi connectivity index (χ1n) is 5.97. The lowest BCUT2D eigenvalue weighted by atomic mass is 10.1. The zero-order valence-corrected chi connectivity index (χ0v) is 11.1. The van der Waals surface area contributed by atoms with E-state index in [9.17, 15) is 18.9 Å². The molecule has 0 saturated heterocycles. The molecule has 0 bridgehead atoms. The van der Waals surface area contributed by atoms with E-state index in [1.165, 1.54) is 18.2 Å². The highest BCUT2D eigenvalue weighted by atomic mass is 19.3.